The first-order valence-corrected chi connectivity index (χ1v) is 11.1. The average molecular weight is 435 g/mol. The molecule has 0 aromatic heterocycles. The Morgan fingerprint density at radius 2 is 1.45 bits per heavy atom. The lowest BCUT2D eigenvalue weighted by atomic mass is 10.1. The summed E-state index contributed by atoms with van der Waals surface area (Å²) in [6, 6.07) is 9.40. The largest absolute Gasteiger partial charge is 0.399 e. The van der Waals surface area contributed by atoms with Gasteiger partial charge in [0.15, 0.2) is 0 Å². The number of benzene rings is 3. The molecule has 0 aliphatic heterocycles. The maximum atomic E-state index is 11.8. The number of rotatable bonds is 4. The van der Waals surface area contributed by atoms with Crippen molar-refractivity contribution in [1.82, 2.24) is 0 Å². The molecule has 0 saturated heterocycles. The van der Waals surface area contributed by atoms with Crippen molar-refractivity contribution in [2.45, 2.75) is 23.6 Å². The molecule has 0 radical (unpaired) electrons. The number of aryl methyl sites for hydroxylation is 2. The summed E-state index contributed by atoms with van der Waals surface area (Å²) in [5, 5.41) is 7.87. The monoisotopic (exact) mass is 435 g/mol. The van der Waals surface area contributed by atoms with Crippen LogP contribution < -0.4 is 5.73 Å². The van der Waals surface area contributed by atoms with Crippen molar-refractivity contribution in [3.8, 4) is 0 Å². The second-order valence-electron chi connectivity index (χ2n) is 6.44. The number of azo groups is 1. The molecule has 0 unspecified atom stereocenters. The van der Waals surface area contributed by atoms with Crippen LogP contribution in [-0.2, 0) is 20.2 Å². The number of anilines is 1. The van der Waals surface area contributed by atoms with Crippen LogP contribution >= 0.6 is 0 Å². The van der Waals surface area contributed by atoms with Crippen LogP contribution in [0.5, 0.6) is 0 Å². The first kappa shape index (κ1) is 20.9. The predicted molar refractivity (Wildman–Crippen MR) is 108 cm³/mol. The molecule has 0 spiro atoms. The first-order chi connectivity index (χ1) is 13.4. The van der Waals surface area contributed by atoms with E-state index in [0.717, 1.165) is 23.3 Å². The lowest BCUT2D eigenvalue weighted by Gasteiger charge is -2.09. The van der Waals surface area contributed by atoms with Crippen LogP contribution in [0.1, 0.15) is 11.1 Å². The number of hydrogen-bond donors (Lipinski definition) is 3. The van der Waals surface area contributed by atoms with Crippen LogP contribution in [0, 0.1) is 13.8 Å². The van der Waals surface area contributed by atoms with Crippen LogP contribution in [0.25, 0.3) is 10.8 Å². The summed E-state index contributed by atoms with van der Waals surface area (Å²) in [6.45, 7) is 3.56. The van der Waals surface area contributed by atoms with Gasteiger partial charge in [-0.3, -0.25) is 9.11 Å². The SMILES string of the molecule is Cc1cc(N=Nc2cc(S(=O)(=O)O)c3cccc(S(=O)(=O)O)c3c2)c(C)cc1N. The number of fused-ring (bicyclic) bond motifs is 1. The van der Waals surface area contributed by atoms with E-state index in [1.807, 2.05) is 0 Å². The van der Waals surface area contributed by atoms with Gasteiger partial charge in [-0.15, -0.1) is 0 Å². The highest BCUT2D eigenvalue weighted by Crippen LogP contribution is 2.34. The van der Waals surface area contributed by atoms with E-state index in [0.29, 0.717) is 11.4 Å². The lowest BCUT2D eigenvalue weighted by Crippen LogP contribution is -2.03. The van der Waals surface area contributed by atoms with E-state index >= 15 is 0 Å². The molecule has 0 aliphatic carbocycles. The van der Waals surface area contributed by atoms with Gasteiger partial charge in [-0.2, -0.15) is 27.1 Å². The molecule has 0 heterocycles. The van der Waals surface area contributed by atoms with Gasteiger partial charge in [-0.05, 0) is 55.3 Å². The molecule has 0 aliphatic rings. The number of nitrogens with zero attached hydrogens (tertiary/aromatic N) is 2. The zero-order valence-corrected chi connectivity index (χ0v) is 17.0. The molecular formula is C18H17N3O6S2. The molecule has 29 heavy (non-hydrogen) atoms. The number of nitrogens with two attached hydrogens (primary N) is 1. The van der Waals surface area contributed by atoms with Gasteiger partial charge >= 0.3 is 0 Å². The Balaban J connectivity index is 2.28. The third-order valence-corrected chi connectivity index (χ3v) is 6.12. The van der Waals surface area contributed by atoms with Crippen LogP contribution in [-0.4, -0.2) is 25.9 Å². The van der Waals surface area contributed by atoms with Crippen molar-refractivity contribution in [3.63, 3.8) is 0 Å². The van der Waals surface area contributed by atoms with E-state index in [9.17, 15) is 25.9 Å². The van der Waals surface area contributed by atoms with E-state index < -0.39 is 30.0 Å². The van der Waals surface area contributed by atoms with Crippen LogP contribution in [0.15, 0.2) is 62.5 Å². The summed E-state index contributed by atoms with van der Waals surface area (Å²) in [5.41, 5.74) is 8.37. The average Bonchev–Trinajstić information content (AvgIpc) is 2.60. The van der Waals surface area contributed by atoms with Crippen LogP contribution in [0.2, 0.25) is 0 Å². The molecule has 11 heteroatoms. The highest BCUT2D eigenvalue weighted by atomic mass is 32.2. The minimum Gasteiger partial charge on any atom is -0.399 e. The summed E-state index contributed by atoms with van der Waals surface area (Å²) in [7, 11) is -9.37. The molecule has 0 bridgehead atoms. The smallest absolute Gasteiger partial charge is 0.295 e. The van der Waals surface area contributed by atoms with Crippen molar-refractivity contribution in [2.75, 3.05) is 5.73 Å². The predicted octanol–water partition coefficient (Wildman–Crippen LogP) is 3.95. The highest BCUT2D eigenvalue weighted by molar-refractivity contribution is 7.86. The maximum Gasteiger partial charge on any atom is 0.295 e. The summed E-state index contributed by atoms with van der Waals surface area (Å²) < 4.78 is 66.1. The van der Waals surface area contributed by atoms with Crippen LogP contribution in [0.4, 0.5) is 17.1 Å². The fraction of sp³-hybridized carbons (Fsp3) is 0.111. The first-order valence-electron chi connectivity index (χ1n) is 8.18. The Kier molecular flexibility index (Phi) is 5.17. The van der Waals surface area contributed by atoms with Gasteiger partial charge in [0.05, 0.1) is 11.4 Å². The van der Waals surface area contributed by atoms with Gasteiger partial charge < -0.3 is 5.73 Å². The topological polar surface area (TPSA) is 159 Å². The Hall–Kier alpha value is -2.86. The Morgan fingerprint density at radius 1 is 0.793 bits per heavy atom. The fourth-order valence-electron chi connectivity index (χ4n) is 2.85. The second-order valence-corrected chi connectivity index (χ2v) is 9.22. The Morgan fingerprint density at radius 3 is 2.07 bits per heavy atom. The van der Waals surface area contributed by atoms with Gasteiger partial charge in [-0.1, -0.05) is 12.1 Å². The second kappa shape index (κ2) is 7.19. The molecule has 4 N–H and O–H groups in total. The molecule has 0 fully saturated rings. The third-order valence-electron chi connectivity index (χ3n) is 4.32. The summed E-state index contributed by atoms with van der Waals surface area (Å²) in [6.07, 6.45) is 0. The molecule has 3 aromatic carbocycles. The molecular weight excluding hydrogens is 418 g/mol. The number of hydrogen-bond acceptors (Lipinski definition) is 7. The van der Waals surface area contributed by atoms with E-state index in [1.54, 1.807) is 26.0 Å². The normalized spacial score (nSPS) is 12.7. The van der Waals surface area contributed by atoms with Crippen molar-refractivity contribution in [2.24, 2.45) is 10.2 Å². The summed E-state index contributed by atoms with van der Waals surface area (Å²) in [4.78, 5) is -1.07. The zero-order valence-electron chi connectivity index (χ0n) is 15.4. The van der Waals surface area contributed by atoms with Gasteiger partial charge in [0.25, 0.3) is 20.2 Å². The summed E-state index contributed by atoms with van der Waals surface area (Å²) >= 11 is 0. The zero-order chi connectivity index (χ0) is 21.6. The molecule has 9 nitrogen and oxygen atoms in total. The fourth-order valence-corrected chi connectivity index (χ4v) is 4.27. The van der Waals surface area contributed by atoms with Crippen LogP contribution in [0.3, 0.4) is 0 Å². The van der Waals surface area contributed by atoms with Gasteiger partial charge in [0.2, 0.25) is 0 Å². The highest BCUT2D eigenvalue weighted by Gasteiger charge is 2.21. The Labute approximate surface area is 167 Å². The van der Waals surface area contributed by atoms with Crippen molar-refractivity contribution >= 4 is 48.1 Å². The van der Waals surface area contributed by atoms with Gasteiger partial charge in [-0.25, -0.2) is 0 Å². The van der Waals surface area contributed by atoms with Crippen molar-refractivity contribution in [3.05, 3.63) is 53.6 Å². The molecule has 152 valence electrons. The van der Waals surface area contributed by atoms with E-state index in [4.69, 9.17) is 5.73 Å². The van der Waals surface area contributed by atoms with E-state index in [-0.39, 0.29) is 16.5 Å². The standard InChI is InChI=1S/C18H17N3O6S2/c1-10-7-16(11(2)6-15(10)19)21-20-12-8-14-13(18(9-12)29(25,26)27)4-3-5-17(14)28(22,23)24/h3-9H,19H2,1-2H3,(H,22,23,24)(H,25,26,27). The molecule has 3 aromatic rings. The molecule has 3 rings (SSSR count). The van der Waals surface area contributed by atoms with Gasteiger partial charge in [0.1, 0.15) is 9.79 Å². The summed E-state index contributed by atoms with van der Waals surface area (Å²) in [5.74, 6) is 0. The third kappa shape index (κ3) is 4.27. The lowest BCUT2D eigenvalue weighted by molar-refractivity contribution is 0.481. The molecule has 0 saturated carbocycles. The van der Waals surface area contributed by atoms with E-state index in [1.165, 1.54) is 18.2 Å². The maximum absolute atomic E-state index is 11.8. The number of nitrogen functional groups attached to an aromatic ring is 1. The minimum absolute atomic E-state index is 0.0323. The quantitative estimate of drug-likeness (QED) is 0.318. The molecule has 0 amide bonds. The minimum atomic E-state index is -4.71. The van der Waals surface area contributed by atoms with Crippen molar-refractivity contribution < 1.29 is 25.9 Å². The van der Waals surface area contributed by atoms with Crippen molar-refractivity contribution in [1.29, 1.82) is 0 Å². The molecule has 0 atom stereocenters. The van der Waals surface area contributed by atoms with Gasteiger partial charge in [0, 0.05) is 16.5 Å². The Bertz CT molecular complexity index is 1380. The van der Waals surface area contributed by atoms with E-state index in [2.05, 4.69) is 10.2 Å².